The molecule has 2 rings (SSSR count). The molecular weight excluding hydrogens is 246 g/mol. The first-order valence-electron chi connectivity index (χ1n) is 7.25. The highest BCUT2D eigenvalue weighted by molar-refractivity contribution is 5.20. The van der Waals surface area contributed by atoms with Crippen molar-refractivity contribution in [2.45, 2.75) is 31.9 Å². The topological polar surface area (TPSA) is 32.3 Å². The lowest BCUT2D eigenvalue weighted by Gasteiger charge is -2.25. The molecule has 0 amide bonds. The van der Waals surface area contributed by atoms with Crippen molar-refractivity contribution in [2.75, 3.05) is 6.54 Å². The fraction of sp³-hybridized carbons (Fsp3) is 0.333. The number of aliphatic hydroxyl groups is 1. The molecule has 0 aliphatic rings. The maximum Gasteiger partial charge on any atom is 0.139 e. The van der Waals surface area contributed by atoms with E-state index in [4.69, 9.17) is 0 Å². The smallest absolute Gasteiger partial charge is 0.139 e. The van der Waals surface area contributed by atoms with Crippen LogP contribution in [0.15, 0.2) is 60.7 Å². The zero-order chi connectivity index (χ0) is 14.3. The fourth-order valence-electron chi connectivity index (χ4n) is 2.30. The van der Waals surface area contributed by atoms with Gasteiger partial charge in [-0.05, 0) is 43.9 Å². The van der Waals surface area contributed by atoms with Crippen LogP contribution in [0.4, 0.5) is 0 Å². The first kappa shape index (κ1) is 14.8. The monoisotopic (exact) mass is 269 g/mol. The third kappa shape index (κ3) is 4.48. The van der Waals surface area contributed by atoms with Gasteiger partial charge in [-0.25, -0.2) is 0 Å². The van der Waals surface area contributed by atoms with Crippen molar-refractivity contribution in [2.24, 2.45) is 0 Å². The number of nitrogens with one attached hydrogen (secondary N) is 1. The largest absolute Gasteiger partial charge is 0.372 e. The third-order valence-corrected chi connectivity index (χ3v) is 3.54. The summed E-state index contributed by atoms with van der Waals surface area (Å²) in [6, 6.07) is 20.2. The van der Waals surface area contributed by atoms with Gasteiger partial charge in [0.05, 0.1) is 0 Å². The molecule has 2 aromatic carbocycles. The van der Waals surface area contributed by atoms with Crippen LogP contribution in [0.2, 0.25) is 0 Å². The predicted molar refractivity (Wildman–Crippen MR) is 83.4 cm³/mol. The van der Waals surface area contributed by atoms with E-state index in [9.17, 15) is 5.11 Å². The van der Waals surface area contributed by atoms with Crippen molar-refractivity contribution in [3.63, 3.8) is 0 Å². The lowest BCUT2D eigenvalue weighted by Crippen LogP contribution is -2.39. The summed E-state index contributed by atoms with van der Waals surface area (Å²) in [6.45, 7) is 2.62. The molecule has 0 aliphatic heterocycles. The Balaban J connectivity index is 1.70. The van der Waals surface area contributed by atoms with Crippen LogP contribution in [0.1, 0.15) is 30.9 Å². The Hall–Kier alpha value is -1.64. The standard InChI is InChI=1S/C18H23NO/c1-18(20,17-13-6-3-7-14-17)19-15-9-8-12-16-10-4-2-5-11-16/h2-7,10-11,13-14,19-20H,8-9,12,15H2,1H3. The number of hydrogen-bond donors (Lipinski definition) is 2. The molecule has 0 aliphatic carbocycles. The predicted octanol–water partition coefficient (Wildman–Crippen LogP) is 3.46. The maximum absolute atomic E-state index is 10.4. The summed E-state index contributed by atoms with van der Waals surface area (Å²) < 4.78 is 0. The van der Waals surface area contributed by atoms with E-state index in [1.54, 1.807) is 6.92 Å². The van der Waals surface area contributed by atoms with E-state index in [2.05, 4.69) is 29.6 Å². The molecule has 2 heteroatoms. The van der Waals surface area contributed by atoms with Gasteiger partial charge in [0.25, 0.3) is 0 Å². The minimum atomic E-state index is -0.950. The van der Waals surface area contributed by atoms with Crippen molar-refractivity contribution in [1.82, 2.24) is 5.32 Å². The molecule has 0 saturated heterocycles. The van der Waals surface area contributed by atoms with Crippen molar-refractivity contribution in [1.29, 1.82) is 0 Å². The van der Waals surface area contributed by atoms with Crippen LogP contribution in [0.5, 0.6) is 0 Å². The van der Waals surface area contributed by atoms with Gasteiger partial charge in [0.15, 0.2) is 0 Å². The average molecular weight is 269 g/mol. The molecule has 2 N–H and O–H groups in total. The summed E-state index contributed by atoms with van der Waals surface area (Å²) in [5, 5.41) is 13.6. The van der Waals surface area contributed by atoms with Crippen LogP contribution in [-0.4, -0.2) is 11.7 Å². The summed E-state index contributed by atoms with van der Waals surface area (Å²) in [4.78, 5) is 0. The van der Waals surface area contributed by atoms with Gasteiger partial charge in [0.2, 0.25) is 0 Å². The van der Waals surface area contributed by atoms with Crippen molar-refractivity contribution >= 4 is 0 Å². The van der Waals surface area contributed by atoms with Gasteiger partial charge in [-0.3, -0.25) is 5.32 Å². The van der Waals surface area contributed by atoms with Crippen LogP contribution in [0.3, 0.4) is 0 Å². The van der Waals surface area contributed by atoms with E-state index in [0.717, 1.165) is 31.4 Å². The minimum absolute atomic E-state index is 0.814. The second-order valence-corrected chi connectivity index (χ2v) is 5.31. The van der Waals surface area contributed by atoms with Gasteiger partial charge in [-0.15, -0.1) is 0 Å². The zero-order valence-electron chi connectivity index (χ0n) is 12.0. The molecular formula is C18H23NO. The van der Waals surface area contributed by atoms with Crippen LogP contribution in [0, 0.1) is 0 Å². The summed E-state index contributed by atoms with van der Waals surface area (Å²) in [5.41, 5.74) is 1.33. The summed E-state index contributed by atoms with van der Waals surface area (Å²) in [7, 11) is 0. The Morgan fingerprint density at radius 2 is 1.50 bits per heavy atom. The normalized spacial score (nSPS) is 13.9. The molecule has 0 heterocycles. The number of benzene rings is 2. The van der Waals surface area contributed by atoms with Crippen LogP contribution < -0.4 is 5.32 Å². The molecule has 1 atom stereocenters. The highest BCUT2D eigenvalue weighted by Gasteiger charge is 2.20. The molecule has 2 aromatic rings. The summed E-state index contributed by atoms with van der Waals surface area (Å²) in [5.74, 6) is 0. The first-order valence-corrected chi connectivity index (χ1v) is 7.25. The van der Waals surface area contributed by atoms with Gasteiger partial charge in [0, 0.05) is 0 Å². The molecule has 0 aromatic heterocycles. The van der Waals surface area contributed by atoms with E-state index in [1.807, 2.05) is 36.4 Å². The lowest BCUT2D eigenvalue weighted by atomic mass is 10.0. The number of rotatable bonds is 7. The van der Waals surface area contributed by atoms with Crippen LogP contribution in [-0.2, 0) is 12.1 Å². The quantitative estimate of drug-likeness (QED) is 0.596. The van der Waals surface area contributed by atoms with Crippen molar-refractivity contribution in [3.8, 4) is 0 Å². The molecule has 0 radical (unpaired) electrons. The highest BCUT2D eigenvalue weighted by atomic mass is 16.3. The Kier molecular flexibility index (Phi) is 5.33. The van der Waals surface area contributed by atoms with E-state index in [0.29, 0.717) is 0 Å². The van der Waals surface area contributed by atoms with Gasteiger partial charge < -0.3 is 5.11 Å². The Bertz CT molecular complexity index is 493. The summed E-state index contributed by atoms with van der Waals surface area (Å²) in [6.07, 6.45) is 3.27. The molecule has 106 valence electrons. The molecule has 0 spiro atoms. The van der Waals surface area contributed by atoms with Crippen molar-refractivity contribution < 1.29 is 5.11 Å². The highest BCUT2D eigenvalue weighted by Crippen LogP contribution is 2.16. The molecule has 0 fully saturated rings. The van der Waals surface area contributed by atoms with Crippen molar-refractivity contribution in [3.05, 3.63) is 71.8 Å². The fourth-order valence-corrected chi connectivity index (χ4v) is 2.30. The van der Waals surface area contributed by atoms with E-state index >= 15 is 0 Å². The van der Waals surface area contributed by atoms with Crippen LogP contribution >= 0.6 is 0 Å². The van der Waals surface area contributed by atoms with E-state index in [1.165, 1.54) is 5.56 Å². The second-order valence-electron chi connectivity index (χ2n) is 5.31. The average Bonchev–Trinajstić information content (AvgIpc) is 2.49. The zero-order valence-corrected chi connectivity index (χ0v) is 12.0. The van der Waals surface area contributed by atoms with E-state index in [-0.39, 0.29) is 0 Å². The van der Waals surface area contributed by atoms with E-state index < -0.39 is 5.72 Å². The molecule has 0 bridgehead atoms. The molecule has 2 nitrogen and oxygen atoms in total. The maximum atomic E-state index is 10.4. The molecule has 20 heavy (non-hydrogen) atoms. The Morgan fingerprint density at radius 3 is 2.15 bits per heavy atom. The van der Waals surface area contributed by atoms with Gasteiger partial charge in [0.1, 0.15) is 5.72 Å². The Morgan fingerprint density at radius 1 is 0.900 bits per heavy atom. The molecule has 0 saturated carbocycles. The van der Waals surface area contributed by atoms with Gasteiger partial charge in [-0.1, -0.05) is 60.7 Å². The number of unbranched alkanes of at least 4 members (excludes halogenated alkanes) is 1. The SMILES string of the molecule is CC(O)(NCCCCc1ccccc1)c1ccccc1. The number of hydrogen-bond acceptors (Lipinski definition) is 2. The number of aryl methyl sites for hydroxylation is 1. The van der Waals surface area contributed by atoms with Gasteiger partial charge >= 0.3 is 0 Å². The van der Waals surface area contributed by atoms with Crippen LogP contribution in [0.25, 0.3) is 0 Å². The third-order valence-electron chi connectivity index (χ3n) is 3.54. The molecule has 1 unspecified atom stereocenters. The minimum Gasteiger partial charge on any atom is -0.372 e. The summed E-state index contributed by atoms with van der Waals surface area (Å²) >= 11 is 0. The van der Waals surface area contributed by atoms with Gasteiger partial charge in [-0.2, -0.15) is 0 Å². The first-order chi connectivity index (χ1) is 9.68. The Labute approximate surface area is 121 Å². The lowest BCUT2D eigenvalue weighted by molar-refractivity contribution is 0.0199. The second kappa shape index (κ2) is 7.22.